The number of nitrogens with zero attached hydrogens (tertiary/aromatic N) is 1. The van der Waals surface area contributed by atoms with Gasteiger partial charge < -0.3 is 15.0 Å². The smallest absolute Gasteiger partial charge is 0.407 e. The number of carbonyl (C=O) groups excluding carboxylic acids is 1. The maximum absolute atomic E-state index is 11.5. The summed E-state index contributed by atoms with van der Waals surface area (Å²) in [4.78, 5) is 13.6. The largest absolute Gasteiger partial charge is 0.450 e. The number of alkyl carbamates (subject to hydrolysis) is 1. The van der Waals surface area contributed by atoms with Gasteiger partial charge in [0.2, 0.25) is 0 Å². The summed E-state index contributed by atoms with van der Waals surface area (Å²) in [7, 11) is 4.04. The van der Waals surface area contributed by atoms with Crippen LogP contribution in [-0.4, -0.2) is 44.3 Å². The lowest BCUT2D eigenvalue weighted by Gasteiger charge is -2.19. The minimum absolute atomic E-state index is 0.316. The molecule has 0 aliphatic heterocycles. The van der Waals surface area contributed by atoms with Crippen molar-refractivity contribution in [2.45, 2.75) is 32.2 Å². The minimum Gasteiger partial charge on any atom is -0.450 e. The lowest BCUT2D eigenvalue weighted by molar-refractivity contribution is 0.134. The third-order valence-corrected chi connectivity index (χ3v) is 3.40. The van der Waals surface area contributed by atoms with Crippen LogP contribution in [0, 0.1) is 0 Å². The molecule has 0 radical (unpaired) electrons. The minimum atomic E-state index is -0.316. The Morgan fingerprint density at radius 1 is 1.30 bits per heavy atom. The highest BCUT2D eigenvalue weighted by molar-refractivity contribution is 5.66. The van der Waals surface area contributed by atoms with E-state index in [0.717, 1.165) is 19.3 Å². The first-order valence-corrected chi connectivity index (χ1v) is 7.20. The van der Waals surface area contributed by atoms with Crippen LogP contribution in [0.3, 0.4) is 0 Å². The van der Waals surface area contributed by atoms with Crippen LogP contribution in [0.15, 0.2) is 30.3 Å². The Morgan fingerprint density at radius 2 is 2.00 bits per heavy atom. The highest BCUT2D eigenvalue weighted by atomic mass is 16.5. The Hall–Kier alpha value is -1.55. The molecule has 0 heterocycles. The van der Waals surface area contributed by atoms with E-state index in [1.807, 2.05) is 32.3 Å². The third-order valence-electron chi connectivity index (χ3n) is 3.40. The van der Waals surface area contributed by atoms with E-state index in [9.17, 15) is 4.79 Å². The van der Waals surface area contributed by atoms with Crippen molar-refractivity contribution >= 4 is 6.09 Å². The molecule has 0 fully saturated rings. The van der Waals surface area contributed by atoms with E-state index in [1.54, 1.807) is 0 Å². The molecule has 0 saturated carbocycles. The van der Waals surface area contributed by atoms with Crippen molar-refractivity contribution in [2.75, 3.05) is 27.2 Å². The Kier molecular flexibility index (Phi) is 7.73. The Morgan fingerprint density at radius 3 is 2.65 bits per heavy atom. The van der Waals surface area contributed by atoms with E-state index in [-0.39, 0.29) is 6.09 Å². The average Bonchev–Trinajstić information content (AvgIpc) is 2.44. The molecule has 1 aromatic rings. The molecule has 0 bridgehead atoms. The summed E-state index contributed by atoms with van der Waals surface area (Å²) >= 11 is 0. The van der Waals surface area contributed by atoms with E-state index in [0.29, 0.717) is 19.2 Å². The molecule has 4 nitrogen and oxygen atoms in total. The number of amides is 1. The predicted octanol–water partition coefficient (Wildman–Crippen LogP) is 2.69. The van der Waals surface area contributed by atoms with Gasteiger partial charge in [-0.3, -0.25) is 0 Å². The molecule has 20 heavy (non-hydrogen) atoms. The molecule has 4 heteroatoms. The lowest BCUT2D eigenvalue weighted by Crippen LogP contribution is -2.29. The molecular formula is C16H26N2O2. The number of nitrogens with one attached hydrogen (secondary N) is 1. The van der Waals surface area contributed by atoms with E-state index < -0.39 is 0 Å². The highest BCUT2D eigenvalue weighted by Crippen LogP contribution is 2.01. The highest BCUT2D eigenvalue weighted by Gasteiger charge is 2.06. The van der Waals surface area contributed by atoms with E-state index in [4.69, 9.17) is 4.74 Å². The van der Waals surface area contributed by atoms with Gasteiger partial charge in [0.05, 0.1) is 6.61 Å². The fourth-order valence-electron chi connectivity index (χ4n) is 1.76. The molecule has 1 amide bonds. The van der Waals surface area contributed by atoms with Crippen LogP contribution in [0.1, 0.15) is 25.3 Å². The average molecular weight is 278 g/mol. The summed E-state index contributed by atoms with van der Waals surface area (Å²) in [6, 6.07) is 10.7. The molecule has 112 valence electrons. The maximum atomic E-state index is 11.5. The van der Waals surface area contributed by atoms with Crippen molar-refractivity contribution in [1.29, 1.82) is 0 Å². The summed E-state index contributed by atoms with van der Waals surface area (Å²) in [5.41, 5.74) is 1.29. The van der Waals surface area contributed by atoms with E-state index in [1.165, 1.54) is 5.56 Å². The summed E-state index contributed by atoms with van der Waals surface area (Å²) < 4.78 is 5.14. The molecule has 0 spiro atoms. The summed E-state index contributed by atoms with van der Waals surface area (Å²) in [5.74, 6) is 0. The second-order valence-electron chi connectivity index (χ2n) is 5.25. The van der Waals surface area contributed by atoms with Crippen LogP contribution in [0.25, 0.3) is 0 Å². The van der Waals surface area contributed by atoms with Gasteiger partial charge in [0, 0.05) is 12.6 Å². The number of aryl methyl sites for hydroxylation is 1. The first-order chi connectivity index (χ1) is 9.59. The Labute approximate surface area is 122 Å². The third kappa shape index (κ3) is 7.14. The summed E-state index contributed by atoms with van der Waals surface area (Å²) in [5, 5.41) is 2.78. The standard InChI is InChI=1S/C16H26N2O2/c1-14(18(2)3)11-13-20-16(19)17-12-7-10-15-8-5-4-6-9-15/h4-6,8-9,14H,7,10-13H2,1-3H3,(H,17,19). The first kappa shape index (κ1) is 16.5. The van der Waals surface area contributed by atoms with Gasteiger partial charge in [0.1, 0.15) is 0 Å². The summed E-state index contributed by atoms with van der Waals surface area (Å²) in [6.45, 7) is 3.22. The van der Waals surface area contributed by atoms with Crippen LogP contribution in [-0.2, 0) is 11.2 Å². The van der Waals surface area contributed by atoms with Crippen molar-refractivity contribution in [2.24, 2.45) is 0 Å². The van der Waals surface area contributed by atoms with Crippen molar-refractivity contribution in [3.8, 4) is 0 Å². The second-order valence-corrected chi connectivity index (χ2v) is 5.25. The normalized spacial score (nSPS) is 12.2. The van der Waals surface area contributed by atoms with Gasteiger partial charge in [-0.15, -0.1) is 0 Å². The van der Waals surface area contributed by atoms with Gasteiger partial charge in [-0.05, 0) is 45.8 Å². The van der Waals surface area contributed by atoms with Gasteiger partial charge in [-0.1, -0.05) is 30.3 Å². The van der Waals surface area contributed by atoms with E-state index in [2.05, 4.69) is 29.3 Å². The second kappa shape index (κ2) is 9.37. The van der Waals surface area contributed by atoms with Crippen molar-refractivity contribution in [1.82, 2.24) is 10.2 Å². The molecule has 1 atom stereocenters. The topological polar surface area (TPSA) is 41.6 Å². The predicted molar refractivity (Wildman–Crippen MR) is 81.9 cm³/mol. The lowest BCUT2D eigenvalue weighted by atomic mass is 10.1. The van der Waals surface area contributed by atoms with Crippen LogP contribution in [0.5, 0.6) is 0 Å². The zero-order valence-electron chi connectivity index (χ0n) is 12.8. The molecule has 1 unspecified atom stereocenters. The molecule has 1 rings (SSSR count). The molecule has 0 aromatic heterocycles. The van der Waals surface area contributed by atoms with Gasteiger partial charge in [0.15, 0.2) is 0 Å². The van der Waals surface area contributed by atoms with Crippen LogP contribution in [0.4, 0.5) is 4.79 Å². The zero-order chi connectivity index (χ0) is 14.8. The molecule has 0 aliphatic rings. The molecule has 1 N–H and O–H groups in total. The number of hydrogen-bond donors (Lipinski definition) is 1. The van der Waals surface area contributed by atoms with Crippen molar-refractivity contribution < 1.29 is 9.53 Å². The van der Waals surface area contributed by atoms with E-state index >= 15 is 0 Å². The van der Waals surface area contributed by atoms with Gasteiger partial charge in [-0.2, -0.15) is 0 Å². The number of hydrogen-bond acceptors (Lipinski definition) is 3. The number of benzene rings is 1. The molecule has 0 saturated heterocycles. The number of carbonyl (C=O) groups is 1. The summed E-state index contributed by atoms with van der Waals surface area (Å²) in [6.07, 6.45) is 2.43. The molecule has 0 aliphatic carbocycles. The fraction of sp³-hybridized carbons (Fsp3) is 0.562. The Balaban J connectivity index is 2.03. The number of ether oxygens (including phenoxy) is 1. The SMILES string of the molecule is CC(CCOC(=O)NCCCc1ccccc1)N(C)C. The van der Waals surface area contributed by atoms with Crippen molar-refractivity contribution in [3.05, 3.63) is 35.9 Å². The van der Waals surface area contributed by atoms with Gasteiger partial charge >= 0.3 is 6.09 Å². The van der Waals surface area contributed by atoms with Crippen LogP contribution in [0.2, 0.25) is 0 Å². The molecule has 1 aromatic carbocycles. The van der Waals surface area contributed by atoms with Crippen molar-refractivity contribution in [3.63, 3.8) is 0 Å². The van der Waals surface area contributed by atoms with Gasteiger partial charge in [-0.25, -0.2) is 4.79 Å². The fourth-order valence-corrected chi connectivity index (χ4v) is 1.76. The van der Waals surface area contributed by atoms with Gasteiger partial charge in [0.25, 0.3) is 0 Å². The quantitative estimate of drug-likeness (QED) is 0.743. The monoisotopic (exact) mass is 278 g/mol. The van der Waals surface area contributed by atoms with Crippen LogP contribution < -0.4 is 5.32 Å². The zero-order valence-corrected chi connectivity index (χ0v) is 12.8. The maximum Gasteiger partial charge on any atom is 0.407 e. The first-order valence-electron chi connectivity index (χ1n) is 7.20. The Bertz CT molecular complexity index is 379. The van der Waals surface area contributed by atoms with Crippen LogP contribution >= 0.6 is 0 Å². The molecular weight excluding hydrogens is 252 g/mol. The number of rotatable bonds is 8.